The number of urea groups is 1. The SMILES string of the molecule is CN(C(=O)NNc1ccccc1[N+](=O)[O-])c1ccncn1. The Bertz CT molecular complexity index is 648. The number of amides is 2. The van der Waals surface area contributed by atoms with Crippen molar-refractivity contribution in [3.8, 4) is 0 Å². The van der Waals surface area contributed by atoms with Crippen LogP contribution >= 0.6 is 0 Å². The second-order valence-electron chi connectivity index (χ2n) is 3.96. The molecule has 108 valence electrons. The zero-order valence-electron chi connectivity index (χ0n) is 11.1. The van der Waals surface area contributed by atoms with E-state index in [0.717, 1.165) is 0 Å². The fourth-order valence-corrected chi connectivity index (χ4v) is 1.53. The molecule has 0 spiro atoms. The maximum Gasteiger partial charge on any atom is 0.341 e. The number of rotatable bonds is 4. The number of carbonyl (C=O) groups is 1. The minimum absolute atomic E-state index is 0.137. The number of para-hydroxylation sites is 2. The average molecular weight is 288 g/mol. The summed E-state index contributed by atoms with van der Waals surface area (Å²) < 4.78 is 0. The first kappa shape index (κ1) is 14.2. The van der Waals surface area contributed by atoms with Crippen LogP contribution in [0.5, 0.6) is 0 Å². The molecule has 2 amide bonds. The predicted molar refractivity (Wildman–Crippen MR) is 75.7 cm³/mol. The van der Waals surface area contributed by atoms with Gasteiger partial charge in [-0.25, -0.2) is 14.8 Å². The topological polar surface area (TPSA) is 113 Å². The maximum absolute atomic E-state index is 11.9. The van der Waals surface area contributed by atoms with Gasteiger partial charge in [0.15, 0.2) is 0 Å². The van der Waals surface area contributed by atoms with Gasteiger partial charge in [0.1, 0.15) is 17.8 Å². The highest BCUT2D eigenvalue weighted by atomic mass is 16.6. The van der Waals surface area contributed by atoms with Gasteiger partial charge in [0.05, 0.1) is 4.92 Å². The van der Waals surface area contributed by atoms with Crippen LogP contribution in [0, 0.1) is 10.1 Å². The number of nitro benzene ring substituents is 1. The van der Waals surface area contributed by atoms with Crippen molar-refractivity contribution in [2.45, 2.75) is 0 Å². The lowest BCUT2D eigenvalue weighted by Gasteiger charge is -2.17. The second-order valence-corrected chi connectivity index (χ2v) is 3.96. The summed E-state index contributed by atoms with van der Waals surface area (Å²) in [5, 5.41) is 10.8. The molecule has 9 nitrogen and oxygen atoms in total. The molecular weight excluding hydrogens is 276 g/mol. The summed E-state index contributed by atoms with van der Waals surface area (Å²) >= 11 is 0. The van der Waals surface area contributed by atoms with Crippen molar-refractivity contribution in [1.29, 1.82) is 0 Å². The van der Waals surface area contributed by atoms with Gasteiger partial charge in [-0.15, -0.1) is 0 Å². The number of aromatic nitrogens is 2. The highest BCUT2D eigenvalue weighted by Gasteiger charge is 2.15. The number of nitro groups is 1. The van der Waals surface area contributed by atoms with Crippen molar-refractivity contribution in [2.75, 3.05) is 17.4 Å². The van der Waals surface area contributed by atoms with E-state index < -0.39 is 11.0 Å². The van der Waals surface area contributed by atoms with Crippen LogP contribution in [0.15, 0.2) is 42.9 Å². The van der Waals surface area contributed by atoms with E-state index in [4.69, 9.17) is 0 Å². The number of nitrogens with zero attached hydrogens (tertiary/aromatic N) is 4. The number of hydrogen-bond acceptors (Lipinski definition) is 6. The van der Waals surface area contributed by atoms with E-state index in [1.54, 1.807) is 12.1 Å². The van der Waals surface area contributed by atoms with Crippen molar-refractivity contribution in [1.82, 2.24) is 15.4 Å². The third kappa shape index (κ3) is 3.41. The molecule has 2 rings (SSSR count). The molecule has 1 aromatic carbocycles. The molecule has 21 heavy (non-hydrogen) atoms. The molecule has 0 bridgehead atoms. The zero-order chi connectivity index (χ0) is 15.2. The van der Waals surface area contributed by atoms with Gasteiger partial charge < -0.3 is 0 Å². The Labute approximate surface area is 119 Å². The number of carbonyl (C=O) groups excluding carboxylic acids is 1. The van der Waals surface area contributed by atoms with E-state index >= 15 is 0 Å². The molecule has 0 unspecified atom stereocenters. The lowest BCUT2D eigenvalue weighted by Crippen LogP contribution is -2.40. The molecule has 0 atom stereocenters. The monoisotopic (exact) mass is 288 g/mol. The van der Waals surface area contributed by atoms with Crippen molar-refractivity contribution < 1.29 is 9.72 Å². The molecule has 0 aliphatic rings. The summed E-state index contributed by atoms with van der Waals surface area (Å²) in [5.41, 5.74) is 4.93. The molecule has 0 radical (unpaired) electrons. The Morgan fingerprint density at radius 1 is 1.33 bits per heavy atom. The van der Waals surface area contributed by atoms with Gasteiger partial charge in [0, 0.05) is 19.3 Å². The molecule has 0 fully saturated rings. The Morgan fingerprint density at radius 2 is 2.10 bits per heavy atom. The highest BCUT2D eigenvalue weighted by Crippen LogP contribution is 2.22. The van der Waals surface area contributed by atoms with E-state index in [0.29, 0.717) is 5.82 Å². The number of anilines is 2. The minimum atomic E-state index is -0.539. The summed E-state index contributed by atoms with van der Waals surface area (Å²) in [4.78, 5) is 31.1. The van der Waals surface area contributed by atoms with Gasteiger partial charge in [-0.1, -0.05) is 12.1 Å². The van der Waals surface area contributed by atoms with Gasteiger partial charge in [-0.3, -0.25) is 25.9 Å². The Balaban J connectivity index is 2.03. The second kappa shape index (κ2) is 6.28. The van der Waals surface area contributed by atoms with Crippen LogP contribution in [0.25, 0.3) is 0 Å². The largest absolute Gasteiger partial charge is 0.341 e. The van der Waals surface area contributed by atoms with Crippen LogP contribution in [0.3, 0.4) is 0 Å². The van der Waals surface area contributed by atoms with Crippen LogP contribution in [-0.4, -0.2) is 28.0 Å². The van der Waals surface area contributed by atoms with Crippen LogP contribution in [-0.2, 0) is 0 Å². The molecule has 0 saturated carbocycles. The molecule has 9 heteroatoms. The summed E-state index contributed by atoms with van der Waals surface area (Å²) in [7, 11) is 1.51. The standard InChI is InChI=1S/C12H12N6O3/c1-17(11-6-7-13-8-14-11)12(19)16-15-9-4-2-3-5-10(9)18(20)21/h2-8,15H,1H3,(H,16,19). The molecule has 2 N–H and O–H groups in total. The van der Waals surface area contributed by atoms with Crippen LogP contribution in [0.2, 0.25) is 0 Å². The van der Waals surface area contributed by atoms with Gasteiger partial charge in [0.25, 0.3) is 5.69 Å². The summed E-state index contributed by atoms with van der Waals surface area (Å²) in [6.07, 6.45) is 2.82. The molecule has 0 aliphatic heterocycles. The Kier molecular flexibility index (Phi) is 4.24. The Morgan fingerprint density at radius 3 is 2.76 bits per heavy atom. The number of nitrogens with one attached hydrogen (secondary N) is 2. The molecule has 1 heterocycles. The molecular formula is C12H12N6O3. The maximum atomic E-state index is 11.9. The first-order chi connectivity index (χ1) is 10.1. The fourth-order valence-electron chi connectivity index (χ4n) is 1.53. The first-order valence-electron chi connectivity index (χ1n) is 5.88. The molecule has 0 saturated heterocycles. The van der Waals surface area contributed by atoms with Crippen LogP contribution < -0.4 is 15.8 Å². The van der Waals surface area contributed by atoms with Crippen LogP contribution in [0.4, 0.5) is 22.0 Å². The van der Waals surface area contributed by atoms with Gasteiger partial charge >= 0.3 is 6.03 Å². The third-order valence-electron chi connectivity index (χ3n) is 2.62. The van der Waals surface area contributed by atoms with Crippen molar-refractivity contribution in [2.24, 2.45) is 0 Å². The van der Waals surface area contributed by atoms with E-state index in [-0.39, 0.29) is 11.4 Å². The minimum Gasteiger partial charge on any atom is -0.291 e. The summed E-state index contributed by atoms with van der Waals surface area (Å²) in [6, 6.07) is 7.02. The third-order valence-corrected chi connectivity index (χ3v) is 2.62. The zero-order valence-corrected chi connectivity index (χ0v) is 11.1. The molecule has 0 aliphatic carbocycles. The smallest absolute Gasteiger partial charge is 0.291 e. The summed E-state index contributed by atoms with van der Waals surface area (Å²) in [6.45, 7) is 0. The van der Waals surface area contributed by atoms with E-state index in [1.165, 1.54) is 42.7 Å². The number of hydrazine groups is 1. The fraction of sp³-hybridized carbons (Fsp3) is 0.0833. The van der Waals surface area contributed by atoms with E-state index in [2.05, 4.69) is 20.8 Å². The lowest BCUT2D eigenvalue weighted by molar-refractivity contribution is -0.384. The van der Waals surface area contributed by atoms with Gasteiger partial charge in [-0.2, -0.15) is 0 Å². The van der Waals surface area contributed by atoms with Crippen molar-refractivity contribution in [3.05, 3.63) is 53.0 Å². The first-order valence-corrected chi connectivity index (χ1v) is 5.88. The predicted octanol–water partition coefficient (Wildman–Crippen LogP) is 1.56. The van der Waals surface area contributed by atoms with Crippen molar-refractivity contribution in [3.63, 3.8) is 0 Å². The normalized spacial score (nSPS) is 9.76. The van der Waals surface area contributed by atoms with E-state index in [9.17, 15) is 14.9 Å². The quantitative estimate of drug-likeness (QED) is 0.652. The van der Waals surface area contributed by atoms with E-state index in [1.807, 2.05) is 0 Å². The highest BCUT2D eigenvalue weighted by molar-refractivity contribution is 5.91. The number of benzene rings is 1. The van der Waals surface area contributed by atoms with Gasteiger partial charge in [0.2, 0.25) is 0 Å². The lowest BCUT2D eigenvalue weighted by atomic mass is 10.3. The van der Waals surface area contributed by atoms with Crippen molar-refractivity contribution >= 4 is 23.2 Å². The Hall–Kier alpha value is -3.23. The molecule has 1 aromatic heterocycles. The molecule has 2 aromatic rings. The van der Waals surface area contributed by atoms with Crippen LogP contribution in [0.1, 0.15) is 0 Å². The van der Waals surface area contributed by atoms with Gasteiger partial charge in [-0.05, 0) is 12.1 Å². The summed E-state index contributed by atoms with van der Waals surface area (Å²) in [5.74, 6) is 0.395. The average Bonchev–Trinajstić information content (AvgIpc) is 2.52. The number of hydrogen-bond donors (Lipinski definition) is 2.